The predicted molar refractivity (Wildman–Crippen MR) is 137 cm³/mol. The summed E-state index contributed by atoms with van der Waals surface area (Å²) in [5.41, 5.74) is 4.20. The van der Waals surface area contributed by atoms with E-state index in [1.54, 1.807) is 31.5 Å². The van der Waals surface area contributed by atoms with Crippen LogP contribution < -0.4 is 15.4 Å². The molecule has 1 aromatic carbocycles. The Morgan fingerprint density at radius 1 is 1.27 bits per heavy atom. The lowest BCUT2D eigenvalue weighted by atomic mass is 9.93. The number of aromatic nitrogens is 2. The van der Waals surface area contributed by atoms with Gasteiger partial charge in [0.2, 0.25) is 0 Å². The number of carbonyl (C=O) groups is 1. The number of nitrogens with zero attached hydrogens (tertiary/aromatic N) is 1. The van der Waals surface area contributed by atoms with Gasteiger partial charge in [-0.3, -0.25) is 9.78 Å². The summed E-state index contributed by atoms with van der Waals surface area (Å²) in [5, 5.41) is 6.42. The molecule has 3 aromatic rings. The standard InChI is InChI=1S/C28H31FN4O4/c1-16-19(29)5-4-6-20(16)32-24-22-25(28(8-9-28)14-31-26(22)34)33-23(24)18-7-10-30-11-21(18)35-12-17-13-37-27(2,3)15-36-17/h4-7,10-11,17,32-33H,8-9,12-15H2,1-3H3,(H,31,34). The largest absolute Gasteiger partial charge is 0.488 e. The molecule has 2 aromatic heterocycles. The summed E-state index contributed by atoms with van der Waals surface area (Å²) in [6, 6.07) is 6.74. The first-order chi connectivity index (χ1) is 17.8. The average molecular weight is 507 g/mol. The van der Waals surface area contributed by atoms with Gasteiger partial charge in [0.1, 0.15) is 24.3 Å². The molecule has 0 bridgehead atoms. The third-order valence-corrected chi connectivity index (χ3v) is 7.53. The van der Waals surface area contributed by atoms with E-state index in [2.05, 4.69) is 20.6 Å². The fraction of sp³-hybridized carbons (Fsp3) is 0.429. The van der Waals surface area contributed by atoms with Gasteiger partial charge in [-0.15, -0.1) is 0 Å². The minimum atomic E-state index is -0.315. The van der Waals surface area contributed by atoms with Crippen LogP contribution in [0.5, 0.6) is 5.75 Å². The number of benzene rings is 1. The number of aromatic amines is 1. The van der Waals surface area contributed by atoms with Crippen molar-refractivity contribution >= 4 is 17.3 Å². The minimum absolute atomic E-state index is 0.0942. The number of halogens is 1. The van der Waals surface area contributed by atoms with Crippen LogP contribution in [0.1, 0.15) is 48.3 Å². The number of hydrogen-bond acceptors (Lipinski definition) is 6. The molecule has 4 heterocycles. The van der Waals surface area contributed by atoms with E-state index in [9.17, 15) is 9.18 Å². The highest BCUT2D eigenvalue weighted by atomic mass is 19.1. The summed E-state index contributed by atoms with van der Waals surface area (Å²) >= 11 is 0. The van der Waals surface area contributed by atoms with Crippen LogP contribution in [0.3, 0.4) is 0 Å². The van der Waals surface area contributed by atoms with Gasteiger partial charge in [-0.1, -0.05) is 6.07 Å². The van der Waals surface area contributed by atoms with Crippen LogP contribution in [0.2, 0.25) is 0 Å². The number of nitrogens with one attached hydrogen (secondary N) is 3. The highest BCUT2D eigenvalue weighted by Gasteiger charge is 2.51. The van der Waals surface area contributed by atoms with Gasteiger partial charge in [0, 0.05) is 40.7 Å². The van der Waals surface area contributed by atoms with E-state index >= 15 is 0 Å². The topological polar surface area (TPSA) is 97.5 Å². The number of anilines is 2. The second-order valence-corrected chi connectivity index (χ2v) is 10.8. The molecule has 1 atom stereocenters. The second kappa shape index (κ2) is 8.85. The molecule has 3 N–H and O–H groups in total. The van der Waals surface area contributed by atoms with Crippen LogP contribution in [-0.4, -0.2) is 53.9 Å². The zero-order valence-electron chi connectivity index (χ0n) is 21.2. The number of fused-ring (bicyclic) bond motifs is 2. The average Bonchev–Trinajstić information content (AvgIpc) is 3.56. The van der Waals surface area contributed by atoms with Gasteiger partial charge in [-0.2, -0.15) is 0 Å². The van der Waals surface area contributed by atoms with E-state index in [0.717, 1.165) is 24.1 Å². The number of carbonyl (C=O) groups excluding carboxylic acids is 1. The Morgan fingerprint density at radius 3 is 2.86 bits per heavy atom. The molecule has 1 amide bonds. The van der Waals surface area contributed by atoms with Gasteiger partial charge in [0.25, 0.3) is 5.91 Å². The predicted octanol–water partition coefficient (Wildman–Crippen LogP) is 4.62. The Morgan fingerprint density at radius 2 is 2.11 bits per heavy atom. The Bertz CT molecular complexity index is 1350. The number of H-pyrrole nitrogens is 1. The molecule has 37 heavy (non-hydrogen) atoms. The van der Waals surface area contributed by atoms with Gasteiger partial charge >= 0.3 is 0 Å². The maximum atomic E-state index is 14.4. The van der Waals surface area contributed by atoms with Crippen LogP contribution in [0.15, 0.2) is 36.7 Å². The highest BCUT2D eigenvalue weighted by Crippen LogP contribution is 2.54. The normalized spacial score (nSPS) is 21.3. The zero-order valence-corrected chi connectivity index (χ0v) is 21.2. The Hall–Kier alpha value is -3.43. The van der Waals surface area contributed by atoms with Crippen molar-refractivity contribution in [3.05, 3.63) is 59.3 Å². The number of pyridine rings is 1. The molecule has 9 heteroatoms. The SMILES string of the molecule is Cc1c(F)cccc1Nc1c(-c2ccncc2OCC2COC(C)(C)CO2)[nH]c2c1C(=O)NCC21CC1. The van der Waals surface area contributed by atoms with Crippen LogP contribution in [0.25, 0.3) is 11.3 Å². The van der Waals surface area contributed by atoms with Crippen LogP contribution in [0, 0.1) is 12.7 Å². The second-order valence-electron chi connectivity index (χ2n) is 10.8. The number of hydrogen-bond donors (Lipinski definition) is 3. The summed E-state index contributed by atoms with van der Waals surface area (Å²) in [6.07, 6.45) is 5.13. The van der Waals surface area contributed by atoms with Crippen molar-refractivity contribution in [2.45, 2.75) is 50.7 Å². The monoisotopic (exact) mass is 506 g/mol. The first-order valence-corrected chi connectivity index (χ1v) is 12.7. The molecule has 1 spiro atoms. The minimum Gasteiger partial charge on any atom is -0.488 e. The van der Waals surface area contributed by atoms with E-state index in [0.29, 0.717) is 60.3 Å². The molecule has 194 valence electrons. The first-order valence-electron chi connectivity index (χ1n) is 12.7. The van der Waals surface area contributed by atoms with Crippen molar-refractivity contribution in [2.75, 3.05) is 31.7 Å². The quantitative estimate of drug-likeness (QED) is 0.452. The maximum Gasteiger partial charge on any atom is 0.255 e. The maximum absolute atomic E-state index is 14.4. The molecule has 1 saturated carbocycles. The van der Waals surface area contributed by atoms with E-state index in [1.807, 2.05) is 19.9 Å². The molecular weight excluding hydrogens is 475 g/mol. The third-order valence-electron chi connectivity index (χ3n) is 7.53. The van der Waals surface area contributed by atoms with Crippen molar-refractivity contribution in [3.63, 3.8) is 0 Å². The van der Waals surface area contributed by atoms with Gasteiger partial charge in [0.05, 0.1) is 42.0 Å². The first kappa shape index (κ1) is 23.9. The molecule has 1 unspecified atom stereocenters. The molecule has 6 rings (SSSR count). The summed E-state index contributed by atoms with van der Waals surface area (Å²) < 4.78 is 32.4. The summed E-state index contributed by atoms with van der Waals surface area (Å²) in [4.78, 5) is 21.0. The van der Waals surface area contributed by atoms with E-state index < -0.39 is 0 Å². The van der Waals surface area contributed by atoms with Gasteiger partial charge in [0.15, 0.2) is 0 Å². The van der Waals surface area contributed by atoms with Crippen molar-refractivity contribution in [1.82, 2.24) is 15.3 Å². The van der Waals surface area contributed by atoms with E-state index in [4.69, 9.17) is 14.2 Å². The smallest absolute Gasteiger partial charge is 0.255 e. The number of amides is 1. The van der Waals surface area contributed by atoms with Crippen molar-refractivity contribution in [3.8, 4) is 17.0 Å². The Labute approximate surface area is 214 Å². The molecule has 1 aliphatic carbocycles. The van der Waals surface area contributed by atoms with Gasteiger partial charge in [-0.25, -0.2) is 4.39 Å². The molecule has 2 fully saturated rings. The summed E-state index contributed by atoms with van der Waals surface area (Å²) in [5.74, 6) is 0.0853. The van der Waals surface area contributed by atoms with Crippen LogP contribution >= 0.6 is 0 Å². The number of ether oxygens (including phenoxy) is 3. The third kappa shape index (κ3) is 4.36. The van der Waals surface area contributed by atoms with Crippen LogP contribution in [0.4, 0.5) is 15.8 Å². The molecule has 2 aliphatic heterocycles. The van der Waals surface area contributed by atoms with Crippen molar-refractivity contribution in [2.24, 2.45) is 0 Å². The zero-order chi connectivity index (χ0) is 25.8. The summed E-state index contributed by atoms with van der Waals surface area (Å²) in [7, 11) is 0. The number of rotatable bonds is 6. The summed E-state index contributed by atoms with van der Waals surface area (Å²) in [6.45, 7) is 7.53. The van der Waals surface area contributed by atoms with Gasteiger partial charge < -0.3 is 29.8 Å². The molecule has 1 saturated heterocycles. The molecule has 8 nitrogen and oxygen atoms in total. The Balaban J connectivity index is 1.39. The lowest BCUT2D eigenvalue weighted by molar-refractivity contribution is -0.181. The molecule has 0 radical (unpaired) electrons. The highest BCUT2D eigenvalue weighted by molar-refractivity contribution is 6.07. The fourth-order valence-corrected chi connectivity index (χ4v) is 5.04. The van der Waals surface area contributed by atoms with Crippen molar-refractivity contribution < 1.29 is 23.4 Å². The molecular formula is C28H31FN4O4. The van der Waals surface area contributed by atoms with Crippen LogP contribution in [-0.2, 0) is 14.9 Å². The lowest BCUT2D eigenvalue weighted by Gasteiger charge is -2.34. The van der Waals surface area contributed by atoms with Gasteiger partial charge in [-0.05, 0) is 51.8 Å². The van der Waals surface area contributed by atoms with E-state index in [1.165, 1.54) is 6.07 Å². The Kier molecular flexibility index (Phi) is 5.72. The van der Waals surface area contributed by atoms with Crippen molar-refractivity contribution in [1.29, 1.82) is 0 Å². The lowest BCUT2D eigenvalue weighted by Crippen LogP contribution is -2.44. The molecule has 3 aliphatic rings. The fourth-order valence-electron chi connectivity index (χ4n) is 5.04. The van der Waals surface area contributed by atoms with E-state index in [-0.39, 0.29) is 28.8 Å².